The summed E-state index contributed by atoms with van der Waals surface area (Å²) in [7, 11) is 0. The summed E-state index contributed by atoms with van der Waals surface area (Å²) in [4.78, 5) is 28.6. The van der Waals surface area contributed by atoms with E-state index in [-0.39, 0.29) is 11.9 Å². The van der Waals surface area contributed by atoms with Crippen LogP contribution in [0.1, 0.15) is 40.5 Å². The van der Waals surface area contributed by atoms with Gasteiger partial charge >= 0.3 is 0 Å². The molecule has 31 heavy (non-hydrogen) atoms. The zero-order chi connectivity index (χ0) is 21.0. The van der Waals surface area contributed by atoms with E-state index in [1.807, 2.05) is 70.4 Å². The lowest BCUT2D eigenvalue weighted by atomic mass is 10.1. The summed E-state index contributed by atoms with van der Waals surface area (Å²) in [5.41, 5.74) is 3.38. The van der Waals surface area contributed by atoms with Gasteiger partial charge in [-0.25, -0.2) is 9.97 Å². The van der Waals surface area contributed by atoms with Crippen molar-refractivity contribution in [1.82, 2.24) is 29.6 Å². The lowest BCUT2D eigenvalue weighted by Crippen LogP contribution is -2.31. The predicted molar refractivity (Wildman–Crippen MR) is 116 cm³/mol. The molecule has 0 aliphatic carbocycles. The van der Waals surface area contributed by atoms with Crippen molar-refractivity contribution < 1.29 is 4.79 Å². The van der Waals surface area contributed by atoms with Crippen LogP contribution in [0.2, 0.25) is 0 Å². The molecule has 3 aromatic heterocycles. The first-order chi connectivity index (χ1) is 15.3. The molecule has 0 bridgehead atoms. The topological polar surface area (TPSA) is 76.8 Å². The molecule has 154 valence electrons. The van der Waals surface area contributed by atoms with Gasteiger partial charge in [-0.3, -0.25) is 14.5 Å². The van der Waals surface area contributed by atoms with E-state index in [1.165, 1.54) is 0 Å². The smallest absolute Gasteiger partial charge is 0.254 e. The van der Waals surface area contributed by atoms with E-state index in [0.29, 0.717) is 17.9 Å². The first-order valence-electron chi connectivity index (χ1n) is 10.4. The van der Waals surface area contributed by atoms with Crippen molar-refractivity contribution in [3.05, 3.63) is 96.2 Å². The van der Waals surface area contributed by atoms with Gasteiger partial charge in [-0.1, -0.05) is 18.2 Å². The van der Waals surface area contributed by atoms with Crippen molar-refractivity contribution in [2.75, 3.05) is 6.54 Å². The average Bonchev–Trinajstić information content (AvgIpc) is 3.52. The highest BCUT2D eigenvalue weighted by Gasteiger charge is 2.31. The minimum Gasteiger partial charge on any atom is -0.330 e. The largest absolute Gasteiger partial charge is 0.330 e. The van der Waals surface area contributed by atoms with E-state index in [2.05, 4.69) is 15.1 Å². The summed E-state index contributed by atoms with van der Waals surface area (Å²) in [5, 5.41) is 4.23. The van der Waals surface area contributed by atoms with Gasteiger partial charge in [-0.05, 0) is 54.8 Å². The molecule has 0 radical (unpaired) electrons. The zero-order valence-electron chi connectivity index (χ0n) is 17.0. The minimum atomic E-state index is -0.0540. The molecule has 4 aromatic rings. The molecule has 7 heteroatoms. The van der Waals surface area contributed by atoms with Crippen LogP contribution in [0.25, 0.3) is 11.5 Å². The van der Waals surface area contributed by atoms with Crippen LogP contribution in [0, 0.1) is 0 Å². The van der Waals surface area contributed by atoms with Gasteiger partial charge in [0.1, 0.15) is 5.69 Å². The first kappa shape index (κ1) is 19.1. The molecule has 1 unspecified atom stereocenters. The van der Waals surface area contributed by atoms with E-state index >= 15 is 0 Å². The number of likely N-dealkylation sites (tertiary alicyclic amines) is 1. The number of carbonyl (C=O) groups is 1. The fourth-order valence-electron chi connectivity index (χ4n) is 3.99. The van der Waals surface area contributed by atoms with Crippen LogP contribution in [-0.4, -0.2) is 42.1 Å². The highest BCUT2D eigenvalue weighted by atomic mass is 16.2. The first-order valence-corrected chi connectivity index (χ1v) is 10.4. The fourth-order valence-corrected chi connectivity index (χ4v) is 3.99. The Morgan fingerprint density at radius 1 is 0.968 bits per heavy atom. The number of aromatic nitrogens is 5. The maximum absolute atomic E-state index is 13.3. The SMILES string of the molecule is O=C(c1ccc(Cn2cccn2)cc1)N1CCCC1c1ccnc(-c2ccccn2)n1. The van der Waals surface area contributed by atoms with Crippen LogP contribution in [0.5, 0.6) is 0 Å². The van der Waals surface area contributed by atoms with E-state index in [4.69, 9.17) is 4.98 Å². The lowest BCUT2D eigenvalue weighted by Gasteiger charge is -2.24. The molecule has 5 rings (SSSR count). The number of pyridine rings is 1. The summed E-state index contributed by atoms with van der Waals surface area (Å²) in [6, 6.07) is 17.2. The third-order valence-corrected chi connectivity index (χ3v) is 5.53. The molecule has 1 saturated heterocycles. The number of carbonyl (C=O) groups excluding carboxylic acids is 1. The molecule has 0 saturated carbocycles. The van der Waals surface area contributed by atoms with Gasteiger partial charge in [0.2, 0.25) is 0 Å². The third kappa shape index (κ3) is 4.07. The maximum atomic E-state index is 13.3. The van der Waals surface area contributed by atoms with E-state index in [0.717, 1.165) is 36.3 Å². The Hall–Kier alpha value is -3.87. The Morgan fingerprint density at radius 3 is 2.65 bits per heavy atom. The van der Waals surface area contributed by atoms with Crippen LogP contribution in [0.15, 0.2) is 79.4 Å². The van der Waals surface area contributed by atoms with Gasteiger partial charge < -0.3 is 4.90 Å². The van der Waals surface area contributed by atoms with Crippen molar-refractivity contribution in [1.29, 1.82) is 0 Å². The van der Waals surface area contributed by atoms with E-state index < -0.39 is 0 Å². The number of benzene rings is 1. The summed E-state index contributed by atoms with van der Waals surface area (Å²) in [6.45, 7) is 1.41. The minimum absolute atomic E-state index is 0.0335. The molecule has 1 aliphatic heterocycles. The zero-order valence-corrected chi connectivity index (χ0v) is 17.0. The number of nitrogens with zero attached hydrogens (tertiary/aromatic N) is 6. The Bertz CT molecular complexity index is 1160. The highest BCUT2D eigenvalue weighted by molar-refractivity contribution is 5.94. The molecule has 1 aromatic carbocycles. The van der Waals surface area contributed by atoms with Gasteiger partial charge in [0.05, 0.1) is 18.3 Å². The Labute approximate surface area is 180 Å². The second kappa shape index (κ2) is 8.47. The predicted octanol–water partition coefficient (Wildman–Crippen LogP) is 3.76. The third-order valence-electron chi connectivity index (χ3n) is 5.53. The van der Waals surface area contributed by atoms with Crippen LogP contribution in [0.3, 0.4) is 0 Å². The normalized spacial score (nSPS) is 15.9. The quantitative estimate of drug-likeness (QED) is 0.501. The molecule has 0 spiro atoms. The van der Waals surface area contributed by atoms with Gasteiger partial charge in [0.25, 0.3) is 5.91 Å². The number of rotatable bonds is 5. The lowest BCUT2D eigenvalue weighted by molar-refractivity contribution is 0.0733. The van der Waals surface area contributed by atoms with Gasteiger partial charge in [0, 0.05) is 36.9 Å². The van der Waals surface area contributed by atoms with Crippen molar-refractivity contribution >= 4 is 5.91 Å². The molecule has 1 atom stereocenters. The van der Waals surface area contributed by atoms with Crippen molar-refractivity contribution in [2.45, 2.75) is 25.4 Å². The molecule has 7 nitrogen and oxygen atoms in total. The van der Waals surface area contributed by atoms with E-state index in [1.54, 1.807) is 18.6 Å². The summed E-state index contributed by atoms with van der Waals surface area (Å²) in [6.07, 6.45) is 9.01. The van der Waals surface area contributed by atoms with Gasteiger partial charge in [-0.2, -0.15) is 5.10 Å². The second-order valence-electron chi connectivity index (χ2n) is 7.58. The molecule has 0 N–H and O–H groups in total. The second-order valence-corrected chi connectivity index (χ2v) is 7.58. The van der Waals surface area contributed by atoms with Crippen molar-refractivity contribution in [2.24, 2.45) is 0 Å². The number of amides is 1. The fraction of sp³-hybridized carbons (Fsp3) is 0.208. The molecule has 1 amide bonds. The Balaban J connectivity index is 1.35. The highest BCUT2D eigenvalue weighted by Crippen LogP contribution is 2.32. The Kier molecular flexibility index (Phi) is 5.22. The van der Waals surface area contributed by atoms with Gasteiger partial charge in [-0.15, -0.1) is 0 Å². The maximum Gasteiger partial charge on any atom is 0.254 e. The molecule has 4 heterocycles. The number of hydrogen-bond donors (Lipinski definition) is 0. The van der Waals surface area contributed by atoms with Crippen molar-refractivity contribution in [3.8, 4) is 11.5 Å². The van der Waals surface area contributed by atoms with Crippen LogP contribution >= 0.6 is 0 Å². The van der Waals surface area contributed by atoms with Crippen LogP contribution in [-0.2, 0) is 6.54 Å². The molecular weight excluding hydrogens is 388 g/mol. The summed E-state index contributed by atoms with van der Waals surface area (Å²) < 4.78 is 1.86. The summed E-state index contributed by atoms with van der Waals surface area (Å²) >= 11 is 0. The summed E-state index contributed by atoms with van der Waals surface area (Å²) in [5.74, 6) is 0.617. The van der Waals surface area contributed by atoms with Crippen LogP contribution < -0.4 is 0 Å². The molecule has 1 aliphatic rings. The van der Waals surface area contributed by atoms with E-state index in [9.17, 15) is 4.79 Å². The molecule has 1 fully saturated rings. The van der Waals surface area contributed by atoms with Gasteiger partial charge in [0.15, 0.2) is 5.82 Å². The average molecular weight is 410 g/mol. The molecular formula is C24H22N6O. The Morgan fingerprint density at radius 2 is 1.87 bits per heavy atom. The van der Waals surface area contributed by atoms with Crippen molar-refractivity contribution in [3.63, 3.8) is 0 Å². The van der Waals surface area contributed by atoms with Crippen LogP contribution in [0.4, 0.5) is 0 Å². The number of hydrogen-bond acceptors (Lipinski definition) is 5. The standard InChI is InChI=1S/C24H22N6O/c31-24(19-9-7-18(8-10-19)17-29-15-4-13-27-29)30-16-3-6-22(30)20-11-14-26-23(28-20)21-5-1-2-12-25-21/h1-2,4-5,7-15,22H,3,6,16-17H2. The monoisotopic (exact) mass is 410 g/mol.